The summed E-state index contributed by atoms with van der Waals surface area (Å²) in [6.07, 6.45) is 1.54. The molecule has 0 aliphatic heterocycles. The highest BCUT2D eigenvalue weighted by molar-refractivity contribution is 5.87. The Balaban J connectivity index is 1.62. The number of nitrogens with zero attached hydrogens (tertiary/aromatic N) is 1. The minimum atomic E-state index is -0.663. The maximum Gasteiger partial charge on any atom is 0.242 e. The van der Waals surface area contributed by atoms with Gasteiger partial charge in [0.15, 0.2) is 0 Å². The minimum Gasteiger partial charge on any atom is -0.497 e. The molecule has 1 atom stereocenters. The first-order chi connectivity index (χ1) is 16.5. The summed E-state index contributed by atoms with van der Waals surface area (Å²) >= 11 is 0. The first-order valence-corrected chi connectivity index (χ1v) is 11.4. The summed E-state index contributed by atoms with van der Waals surface area (Å²) in [5, 5.41) is 2.94. The number of nitrogens with one attached hydrogen (secondary N) is 1. The van der Waals surface area contributed by atoms with Crippen LogP contribution in [0.3, 0.4) is 0 Å². The van der Waals surface area contributed by atoms with Gasteiger partial charge in [-0.15, -0.1) is 0 Å². The smallest absolute Gasteiger partial charge is 0.242 e. The molecule has 1 N–H and O–H groups in total. The van der Waals surface area contributed by atoms with Gasteiger partial charge in [-0.1, -0.05) is 54.6 Å². The molecule has 0 heterocycles. The van der Waals surface area contributed by atoms with Crippen molar-refractivity contribution in [2.75, 3.05) is 13.7 Å². The predicted octanol–water partition coefficient (Wildman–Crippen LogP) is 4.54. The summed E-state index contributed by atoms with van der Waals surface area (Å²) in [6, 6.07) is 22.8. The Morgan fingerprint density at radius 1 is 0.882 bits per heavy atom. The van der Waals surface area contributed by atoms with E-state index in [4.69, 9.17) is 4.74 Å². The highest BCUT2D eigenvalue weighted by atomic mass is 19.1. The molecule has 34 heavy (non-hydrogen) atoms. The summed E-state index contributed by atoms with van der Waals surface area (Å²) in [5.74, 6) is 0.108. The predicted molar refractivity (Wildman–Crippen MR) is 131 cm³/mol. The molecule has 5 nitrogen and oxygen atoms in total. The van der Waals surface area contributed by atoms with E-state index in [1.165, 1.54) is 12.1 Å². The van der Waals surface area contributed by atoms with Crippen LogP contribution in [-0.4, -0.2) is 36.4 Å². The Kier molecular flexibility index (Phi) is 9.21. The number of halogens is 1. The molecule has 0 saturated carbocycles. The van der Waals surface area contributed by atoms with Crippen molar-refractivity contribution in [1.82, 2.24) is 10.2 Å². The first-order valence-electron chi connectivity index (χ1n) is 11.4. The summed E-state index contributed by atoms with van der Waals surface area (Å²) in [6.45, 7) is 2.42. The average Bonchev–Trinajstić information content (AvgIpc) is 2.87. The number of carbonyl (C=O) groups is 2. The van der Waals surface area contributed by atoms with Crippen molar-refractivity contribution in [3.8, 4) is 5.75 Å². The molecule has 1 unspecified atom stereocenters. The van der Waals surface area contributed by atoms with Gasteiger partial charge in [-0.25, -0.2) is 4.39 Å². The van der Waals surface area contributed by atoms with Crippen LogP contribution in [0.25, 0.3) is 0 Å². The number of amides is 2. The van der Waals surface area contributed by atoms with Crippen molar-refractivity contribution in [2.45, 2.75) is 38.8 Å². The van der Waals surface area contributed by atoms with E-state index in [1.54, 1.807) is 31.1 Å². The topological polar surface area (TPSA) is 58.6 Å². The van der Waals surface area contributed by atoms with E-state index in [0.717, 1.165) is 22.4 Å². The molecule has 0 aliphatic carbocycles. The van der Waals surface area contributed by atoms with E-state index in [2.05, 4.69) is 5.32 Å². The van der Waals surface area contributed by atoms with Gasteiger partial charge in [0.05, 0.1) is 7.11 Å². The van der Waals surface area contributed by atoms with E-state index >= 15 is 0 Å². The zero-order valence-corrected chi connectivity index (χ0v) is 19.7. The standard InChI is InChI=1S/C28H31FN2O3/c1-21(28(33)30-19-18-23-10-15-26(34-2)16-11-23)31(20-24-8-13-25(29)14-9-24)27(32)17-12-22-6-4-3-5-7-22/h3-11,13-16,21H,12,17-20H2,1-2H3,(H,30,33). The van der Waals surface area contributed by atoms with Gasteiger partial charge in [0.2, 0.25) is 11.8 Å². The summed E-state index contributed by atoms with van der Waals surface area (Å²) in [4.78, 5) is 27.6. The molecule has 3 aromatic rings. The SMILES string of the molecule is COc1ccc(CCNC(=O)C(C)N(Cc2ccc(F)cc2)C(=O)CCc2ccccc2)cc1. The molecule has 0 radical (unpaired) electrons. The zero-order chi connectivity index (χ0) is 24.3. The zero-order valence-electron chi connectivity index (χ0n) is 19.7. The van der Waals surface area contributed by atoms with Crippen LogP contribution < -0.4 is 10.1 Å². The van der Waals surface area contributed by atoms with Gasteiger partial charge < -0.3 is 15.0 Å². The van der Waals surface area contributed by atoms with Gasteiger partial charge >= 0.3 is 0 Å². The van der Waals surface area contributed by atoms with Crippen molar-refractivity contribution in [3.05, 3.63) is 101 Å². The molecule has 0 aliphatic rings. The van der Waals surface area contributed by atoms with E-state index in [0.29, 0.717) is 19.4 Å². The van der Waals surface area contributed by atoms with Gasteiger partial charge in [-0.05, 0) is 60.7 Å². The van der Waals surface area contributed by atoms with Crippen molar-refractivity contribution in [3.63, 3.8) is 0 Å². The van der Waals surface area contributed by atoms with Crippen molar-refractivity contribution < 1.29 is 18.7 Å². The van der Waals surface area contributed by atoms with E-state index in [1.807, 2.05) is 54.6 Å². The minimum absolute atomic E-state index is 0.119. The maximum atomic E-state index is 13.3. The number of rotatable bonds is 11. The van der Waals surface area contributed by atoms with Gasteiger partial charge in [-0.2, -0.15) is 0 Å². The molecular weight excluding hydrogens is 431 g/mol. The second-order valence-electron chi connectivity index (χ2n) is 8.20. The molecular formula is C28H31FN2O3. The Morgan fingerprint density at radius 2 is 1.50 bits per heavy atom. The van der Waals surface area contributed by atoms with E-state index in [-0.39, 0.29) is 30.6 Å². The van der Waals surface area contributed by atoms with Gasteiger partial charge in [0.1, 0.15) is 17.6 Å². The van der Waals surface area contributed by atoms with Gasteiger partial charge in [0, 0.05) is 19.5 Å². The molecule has 2 amide bonds. The van der Waals surface area contributed by atoms with Crippen LogP contribution in [0.15, 0.2) is 78.9 Å². The highest BCUT2D eigenvalue weighted by Gasteiger charge is 2.25. The van der Waals surface area contributed by atoms with Gasteiger partial charge in [0.25, 0.3) is 0 Å². The number of carbonyl (C=O) groups excluding carboxylic acids is 2. The number of benzene rings is 3. The Labute approximate surface area is 200 Å². The van der Waals surface area contributed by atoms with Crippen molar-refractivity contribution >= 4 is 11.8 Å². The second kappa shape index (κ2) is 12.5. The Morgan fingerprint density at radius 3 is 2.15 bits per heavy atom. The molecule has 3 rings (SSSR count). The van der Waals surface area contributed by atoms with Crippen LogP contribution in [0.4, 0.5) is 4.39 Å². The second-order valence-corrected chi connectivity index (χ2v) is 8.20. The fourth-order valence-corrected chi connectivity index (χ4v) is 3.68. The first kappa shape index (κ1) is 25.0. The van der Waals surface area contributed by atoms with E-state index in [9.17, 15) is 14.0 Å². The lowest BCUT2D eigenvalue weighted by molar-refractivity contribution is -0.140. The number of aryl methyl sites for hydroxylation is 1. The molecule has 0 fully saturated rings. The lowest BCUT2D eigenvalue weighted by atomic mass is 10.1. The molecule has 0 spiro atoms. The monoisotopic (exact) mass is 462 g/mol. The molecule has 0 aromatic heterocycles. The van der Waals surface area contributed by atoms with Crippen LogP contribution in [0, 0.1) is 5.82 Å². The molecule has 0 saturated heterocycles. The quantitative estimate of drug-likeness (QED) is 0.455. The van der Waals surface area contributed by atoms with Crippen molar-refractivity contribution in [2.24, 2.45) is 0 Å². The molecule has 178 valence electrons. The summed E-state index contributed by atoms with van der Waals surface area (Å²) in [7, 11) is 1.62. The van der Waals surface area contributed by atoms with Gasteiger partial charge in [-0.3, -0.25) is 9.59 Å². The number of methoxy groups -OCH3 is 1. The number of hydrogen-bond acceptors (Lipinski definition) is 3. The summed E-state index contributed by atoms with van der Waals surface area (Å²) < 4.78 is 18.5. The average molecular weight is 463 g/mol. The Bertz CT molecular complexity index is 1050. The molecule has 6 heteroatoms. The van der Waals surface area contributed by atoms with Crippen LogP contribution >= 0.6 is 0 Å². The third-order valence-corrected chi connectivity index (χ3v) is 5.78. The fraction of sp³-hybridized carbons (Fsp3) is 0.286. The van der Waals surface area contributed by atoms with E-state index < -0.39 is 6.04 Å². The van der Waals surface area contributed by atoms with Crippen LogP contribution in [0.1, 0.15) is 30.0 Å². The van der Waals surface area contributed by atoms with Crippen LogP contribution in [0.2, 0.25) is 0 Å². The molecule has 3 aromatic carbocycles. The Hall–Kier alpha value is -3.67. The number of hydrogen-bond donors (Lipinski definition) is 1. The van der Waals surface area contributed by atoms with Crippen LogP contribution in [-0.2, 0) is 29.0 Å². The highest BCUT2D eigenvalue weighted by Crippen LogP contribution is 2.14. The lowest BCUT2D eigenvalue weighted by Crippen LogP contribution is -2.48. The largest absolute Gasteiger partial charge is 0.497 e. The molecule has 0 bridgehead atoms. The fourth-order valence-electron chi connectivity index (χ4n) is 3.68. The number of ether oxygens (including phenoxy) is 1. The third-order valence-electron chi connectivity index (χ3n) is 5.78. The van der Waals surface area contributed by atoms with Crippen LogP contribution in [0.5, 0.6) is 5.75 Å². The normalized spacial score (nSPS) is 11.5. The lowest BCUT2D eigenvalue weighted by Gasteiger charge is -2.29. The maximum absolute atomic E-state index is 13.3. The summed E-state index contributed by atoms with van der Waals surface area (Å²) in [5.41, 5.74) is 2.91. The third kappa shape index (κ3) is 7.44. The van der Waals surface area contributed by atoms with Crippen molar-refractivity contribution in [1.29, 1.82) is 0 Å².